The van der Waals surface area contributed by atoms with Gasteiger partial charge in [0.2, 0.25) is 0 Å². The Bertz CT molecular complexity index is 346. The predicted molar refractivity (Wildman–Crippen MR) is 43.9 cm³/mol. The number of nitrogens with zero attached hydrogens (tertiary/aromatic N) is 2. The Labute approximate surface area is 83.7 Å². The molecule has 0 atom stereocenters. The average Bonchev–Trinajstić information content (AvgIpc) is 2.51. The fourth-order valence-corrected chi connectivity index (χ4v) is 0.924. The first-order chi connectivity index (χ1) is 6.89. The van der Waals surface area contributed by atoms with Gasteiger partial charge in [0.15, 0.2) is 5.69 Å². The molecule has 1 heterocycles. The van der Waals surface area contributed by atoms with Gasteiger partial charge in [0.1, 0.15) is 6.61 Å². The zero-order valence-electron chi connectivity index (χ0n) is 7.91. The number of hydrogen-bond acceptors (Lipinski definition) is 3. The summed E-state index contributed by atoms with van der Waals surface area (Å²) >= 11 is 0. The number of carbonyl (C=O) groups excluding carboxylic acids is 1. The number of rotatable bonds is 3. The van der Waals surface area contributed by atoms with E-state index in [-0.39, 0.29) is 13.2 Å². The Kier molecular flexibility index (Phi) is 3.33. The van der Waals surface area contributed by atoms with Crippen molar-refractivity contribution in [3.05, 3.63) is 18.2 Å². The van der Waals surface area contributed by atoms with Gasteiger partial charge < -0.3 is 9.30 Å². The second-order valence-corrected chi connectivity index (χ2v) is 2.83. The van der Waals surface area contributed by atoms with Crippen LogP contribution in [0.4, 0.5) is 13.2 Å². The molecule has 0 radical (unpaired) electrons. The topological polar surface area (TPSA) is 44.1 Å². The fourth-order valence-electron chi connectivity index (χ4n) is 0.924. The van der Waals surface area contributed by atoms with Crippen LogP contribution in [0.5, 0.6) is 0 Å². The quantitative estimate of drug-likeness (QED) is 0.727. The summed E-state index contributed by atoms with van der Waals surface area (Å²) in [5, 5.41) is 0. The SMILES string of the molecule is CC(=O)OCCn1cnc(C(F)(F)F)c1. The molecular formula is C8H9F3N2O2. The third kappa shape index (κ3) is 3.61. The summed E-state index contributed by atoms with van der Waals surface area (Å²) in [5.74, 6) is -0.467. The van der Waals surface area contributed by atoms with Gasteiger partial charge in [-0.2, -0.15) is 13.2 Å². The number of halogens is 3. The lowest BCUT2D eigenvalue weighted by atomic mass is 10.5. The van der Waals surface area contributed by atoms with Gasteiger partial charge in [-0.25, -0.2) is 4.98 Å². The average molecular weight is 222 g/mol. The number of carbonyl (C=O) groups is 1. The molecule has 0 bridgehead atoms. The van der Waals surface area contributed by atoms with Crippen molar-refractivity contribution in [2.24, 2.45) is 0 Å². The summed E-state index contributed by atoms with van der Waals surface area (Å²) in [4.78, 5) is 13.6. The minimum Gasteiger partial charge on any atom is -0.464 e. The first-order valence-corrected chi connectivity index (χ1v) is 4.12. The van der Waals surface area contributed by atoms with E-state index < -0.39 is 17.8 Å². The molecule has 1 rings (SSSR count). The Balaban J connectivity index is 2.50. The largest absolute Gasteiger partial charge is 0.464 e. The lowest BCUT2D eigenvalue weighted by Crippen LogP contribution is -2.08. The molecule has 1 aromatic rings. The lowest BCUT2D eigenvalue weighted by molar-refractivity contribution is -0.142. The van der Waals surface area contributed by atoms with E-state index in [0.717, 1.165) is 12.5 Å². The van der Waals surface area contributed by atoms with Gasteiger partial charge in [0.25, 0.3) is 0 Å². The molecule has 0 spiro atoms. The fraction of sp³-hybridized carbons (Fsp3) is 0.500. The van der Waals surface area contributed by atoms with Crippen LogP contribution in [0.3, 0.4) is 0 Å². The number of ether oxygens (including phenoxy) is 1. The Morgan fingerprint density at radius 3 is 2.73 bits per heavy atom. The summed E-state index contributed by atoms with van der Waals surface area (Å²) in [7, 11) is 0. The van der Waals surface area contributed by atoms with Gasteiger partial charge in [-0.05, 0) is 0 Å². The van der Waals surface area contributed by atoms with Gasteiger partial charge in [0, 0.05) is 13.1 Å². The Hall–Kier alpha value is -1.53. The summed E-state index contributed by atoms with van der Waals surface area (Å²) in [6.07, 6.45) is -2.53. The molecule has 0 N–H and O–H groups in total. The van der Waals surface area contributed by atoms with Crippen LogP contribution in [0.25, 0.3) is 0 Å². The molecule has 84 valence electrons. The van der Waals surface area contributed by atoms with E-state index in [2.05, 4.69) is 9.72 Å². The predicted octanol–water partition coefficient (Wildman–Crippen LogP) is 1.47. The van der Waals surface area contributed by atoms with Gasteiger partial charge in [-0.1, -0.05) is 0 Å². The maximum Gasteiger partial charge on any atom is 0.434 e. The molecule has 4 nitrogen and oxygen atoms in total. The normalized spacial score (nSPS) is 11.5. The Morgan fingerprint density at radius 2 is 2.27 bits per heavy atom. The highest BCUT2D eigenvalue weighted by molar-refractivity contribution is 5.65. The molecule has 0 aromatic carbocycles. The van der Waals surface area contributed by atoms with Crippen LogP contribution in [0, 0.1) is 0 Å². The maximum atomic E-state index is 12.1. The highest BCUT2D eigenvalue weighted by Gasteiger charge is 2.33. The van der Waals surface area contributed by atoms with Gasteiger partial charge in [0.05, 0.1) is 12.9 Å². The Morgan fingerprint density at radius 1 is 1.60 bits per heavy atom. The maximum absolute atomic E-state index is 12.1. The molecule has 0 unspecified atom stereocenters. The molecule has 0 aliphatic carbocycles. The van der Waals surface area contributed by atoms with Gasteiger partial charge in [-0.3, -0.25) is 4.79 Å². The standard InChI is InChI=1S/C8H9F3N2O2/c1-6(14)15-3-2-13-4-7(12-5-13)8(9,10)11/h4-5H,2-3H2,1H3. The third-order valence-corrected chi connectivity index (χ3v) is 1.58. The highest BCUT2D eigenvalue weighted by atomic mass is 19.4. The lowest BCUT2D eigenvalue weighted by Gasteiger charge is -2.02. The van der Waals surface area contributed by atoms with Gasteiger partial charge >= 0.3 is 12.1 Å². The second-order valence-electron chi connectivity index (χ2n) is 2.83. The number of aromatic nitrogens is 2. The minimum absolute atomic E-state index is 0.0307. The third-order valence-electron chi connectivity index (χ3n) is 1.58. The number of hydrogen-bond donors (Lipinski definition) is 0. The van der Waals surface area contributed by atoms with E-state index in [9.17, 15) is 18.0 Å². The molecule has 15 heavy (non-hydrogen) atoms. The van der Waals surface area contributed by atoms with Crippen molar-refractivity contribution >= 4 is 5.97 Å². The zero-order chi connectivity index (χ0) is 11.5. The molecule has 0 saturated heterocycles. The second kappa shape index (κ2) is 4.33. The van der Waals surface area contributed by atoms with Crippen molar-refractivity contribution in [2.75, 3.05) is 6.61 Å². The molecule has 7 heteroatoms. The molecule has 0 saturated carbocycles. The molecular weight excluding hydrogens is 213 g/mol. The van der Waals surface area contributed by atoms with Crippen molar-refractivity contribution in [3.8, 4) is 0 Å². The minimum atomic E-state index is -4.44. The number of alkyl halides is 3. The molecule has 0 amide bonds. The van der Waals surface area contributed by atoms with E-state index in [1.54, 1.807) is 0 Å². The molecule has 0 aliphatic rings. The van der Waals surface area contributed by atoms with Crippen molar-refractivity contribution in [2.45, 2.75) is 19.6 Å². The molecule has 1 aromatic heterocycles. The van der Waals surface area contributed by atoms with Crippen molar-refractivity contribution in [1.82, 2.24) is 9.55 Å². The first kappa shape index (κ1) is 11.5. The summed E-state index contributed by atoms with van der Waals surface area (Å²) < 4.78 is 42.1. The molecule has 0 fully saturated rings. The van der Waals surface area contributed by atoms with E-state index in [0.29, 0.717) is 0 Å². The van der Waals surface area contributed by atoms with E-state index in [1.165, 1.54) is 11.5 Å². The van der Waals surface area contributed by atoms with Crippen LogP contribution < -0.4 is 0 Å². The highest BCUT2D eigenvalue weighted by Crippen LogP contribution is 2.27. The van der Waals surface area contributed by atoms with Crippen molar-refractivity contribution in [3.63, 3.8) is 0 Å². The van der Waals surface area contributed by atoms with E-state index in [4.69, 9.17) is 0 Å². The van der Waals surface area contributed by atoms with Crippen molar-refractivity contribution < 1.29 is 22.7 Å². The molecule has 0 aliphatic heterocycles. The smallest absolute Gasteiger partial charge is 0.434 e. The van der Waals surface area contributed by atoms with Crippen LogP contribution in [-0.2, 0) is 22.3 Å². The van der Waals surface area contributed by atoms with E-state index in [1.807, 2.05) is 0 Å². The monoisotopic (exact) mass is 222 g/mol. The summed E-state index contributed by atoms with van der Waals surface area (Å²) in [6, 6.07) is 0. The zero-order valence-corrected chi connectivity index (χ0v) is 7.91. The number of imidazole rings is 1. The number of esters is 1. The summed E-state index contributed by atoms with van der Waals surface area (Å²) in [6.45, 7) is 1.42. The van der Waals surface area contributed by atoms with Crippen molar-refractivity contribution in [1.29, 1.82) is 0 Å². The van der Waals surface area contributed by atoms with Crippen LogP contribution >= 0.6 is 0 Å². The van der Waals surface area contributed by atoms with Crippen LogP contribution in [0.1, 0.15) is 12.6 Å². The van der Waals surface area contributed by atoms with Crippen LogP contribution in [0.15, 0.2) is 12.5 Å². The first-order valence-electron chi connectivity index (χ1n) is 4.12. The summed E-state index contributed by atoms with van der Waals surface area (Å²) in [5.41, 5.74) is -0.953. The van der Waals surface area contributed by atoms with E-state index >= 15 is 0 Å². The van der Waals surface area contributed by atoms with Gasteiger partial charge in [-0.15, -0.1) is 0 Å². The van der Waals surface area contributed by atoms with Crippen LogP contribution in [0.2, 0.25) is 0 Å². The van der Waals surface area contributed by atoms with Crippen LogP contribution in [-0.4, -0.2) is 22.1 Å².